The first kappa shape index (κ1) is 23.7. The van der Waals surface area contributed by atoms with Crippen LogP contribution in [0.4, 0.5) is 5.69 Å². The molecular weight excluding hydrogens is 470 g/mol. The number of carbonyl (C=O) groups is 3. The van der Waals surface area contributed by atoms with Gasteiger partial charge < -0.3 is 20.5 Å². The van der Waals surface area contributed by atoms with Crippen LogP contribution in [0.25, 0.3) is 6.08 Å². The highest BCUT2D eigenvalue weighted by atomic mass is 79.9. The number of rotatable bonds is 8. The van der Waals surface area contributed by atoms with Crippen LogP contribution in [0, 0.1) is 16.0 Å². The van der Waals surface area contributed by atoms with E-state index < -0.39 is 34.7 Å². The summed E-state index contributed by atoms with van der Waals surface area (Å²) in [6, 6.07) is 10.6. The lowest BCUT2D eigenvalue weighted by Crippen LogP contribution is -2.52. The predicted octanol–water partition coefficient (Wildman–Crippen LogP) is 2.02. The van der Waals surface area contributed by atoms with Crippen molar-refractivity contribution in [1.29, 1.82) is 0 Å². The average Bonchev–Trinajstić information content (AvgIpc) is 2.71. The Morgan fingerprint density at radius 1 is 1.10 bits per heavy atom. The summed E-state index contributed by atoms with van der Waals surface area (Å²) >= 11 is 3.25. The van der Waals surface area contributed by atoms with Gasteiger partial charge in [-0.25, -0.2) is 0 Å². The van der Waals surface area contributed by atoms with Crippen LogP contribution in [-0.2, 0) is 9.59 Å². The topological polar surface area (TPSA) is 141 Å². The third kappa shape index (κ3) is 6.48. The van der Waals surface area contributed by atoms with E-state index in [2.05, 4.69) is 26.6 Å². The van der Waals surface area contributed by atoms with Crippen LogP contribution in [0.1, 0.15) is 29.8 Å². The molecule has 10 heteroatoms. The lowest BCUT2D eigenvalue weighted by Gasteiger charge is -2.24. The minimum absolute atomic E-state index is 0.208. The van der Waals surface area contributed by atoms with Crippen molar-refractivity contribution >= 4 is 45.5 Å². The number of carbonyl (C=O) groups excluding carboxylic acids is 3. The smallest absolute Gasteiger partial charge is 0.270 e. The second kappa shape index (κ2) is 10.5. The van der Waals surface area contributed by atoms with E-state index in [1.54, 1.807) is 32.0 Å². The SMILES string of the molecule is CC(C)[C@@H](NC(=O)/C(=C/c1cccc([N+](=O)[O-])c1)NC(=O)c1ccccc1Br)C(=O)[O-]. The molecule has 0 aliphatic rings. The summed E-state index contributed by atoms with van der Waals surface area (Å²) in [5.41, 5.74) is 0.00969. The number of halogens is 1. The Morgan fingerprint density at radius 3 is 2.35 bits per heavy atom. The van der Waals surface area contributed by atoms with Crippen molar-refractivity contribution in [3.8, 4) is 0 Å². The fourth-order valence-corrected chi connectivity index (χ4v) is 3.07. The second-order valence-corrected chi connectivity index (χ2v) is 7.71. The van der Waals surface area contributed by atoms with Crippen molar-refractivity contribution in [2.24, 2.45) is 5.92 Å². The summed E-state index contributed by atoms with van der Waals surface area (Å²) in [5.74, 6) is -3.47. The normalized spacial score (nSPS) is 12.2. The molecule has 0 fully saturated rings. The molecule has 2 amide bonds. The standard InChI is InChI=1S/C21H20BrN3O6/c1-12(2)18(21(28)29)24-20(27)17(11-13-6-5-7-14(10-13)25(30)31)23-19(26)15-8-3-4-9-16(15)22/h3-12,18H,1-2H3,(H,23,26)(H,24,27)(H,28,29)/p-1/b17-11-/t18-/m1/s1. The molecule has 162 valence electrons. The van der Waals surface area contributed by atoms with Crippen molar-refractivity contribution in [2.75, 3.05) is 0 Å². The summed E-state index contributed by atoms with van der Waals surface area (Å²) in [5, 5.41) is 27.1. The Bertz CT molecular complexity index is 1050. The summed E-state index contributed by atoms with van der Waals surface area (Å²) in [6.45, 7) is 3.18. The van der Waals surface area contributed by atoms with Crippen LogP contribution in [-0.4, -0.2) is 28.7 Å². The van der Waals surface area contributed by atoms with Crippen LogP contribution in [0.15, 0.2) is 58.7 Å². The highest BCUT2D eigenvalue weighted by Crippen LogP contribution is 2.18. The van der Waals surface area contributed by atoms with Crippen molar-refractivity contribution in [2.45, 2.75) is 19.9 Å². The molecule has 31 heavy (non-hydrogen) atoms. The molecule has 0 aliphatic heterocycles. The molecule has 0 bridgehead atoms. The maximum atomic E-state index is 12.8. The number of non-ortho nitro benzene ring substituents is 1. The second-order valence-electron chi connectivity index (χ2n) is 6.86. The quantitative estimate of drug-likeness (QED) is 0.330. The van der Waals surface area contributed by atoms with Gasteiger partial charge in [-0.2, -0.15) is 0 Å². The van der Waals surface area contributed by atoms with Gasteiger partial charge in [0, 0.05) is 16.6 Å². The summed E-state index contributed by atoms with van der Waals surface area (Å²) in [7, 11) is 0. The molecule has 0 unspecified atom stereocenters. The van der Waals surface area contributed by atoms with Gasteiger partial charge in [0.15, 0.2) is 0 Å². The lowest BCUT2D eigenvalue weighted by molar-refractivity contribution is -0.384. The Labute approximate surface area is 186 Å². The summed E-state index contributed by atoms with van der Waals surface area (Å²) in [6.07, 6.45) is 1.23. The van der Waals surface area contributed by atoms with E-state index in [1.165, 1.54) is 36.4 Å². The van der Waals surface area contributed by atoms with Gasteiger partial charge in [0.2, 0.25) is 0 Å². The minimum Gasteiger partial charge on any atom is -0.548 e. The number of hydrogen-bond donors (Lipinski definition) is 2. The van der Waals surface area contributed by atoms with Gasteiger partial charge >= 0.3 is 0 Å². The highest BCUT2D eigenvalue weighted by Gasteiger charge is 2.22. The van der Waals surface area contributed by atoms with Crippen LogP contribution >= 0.6 is 15.9 Å². The van der Waals surface area contributed by atoms with Crippen molar-refractivity contribution < 1.29 is 24.4 Å². The molecule has 1 atom stereocenters. The van der Waals surface area contributed by atoms with E-state index in [0.29, 0.717) is 4.47 Å². The third-order valence-electron chi connectivity index (χ3n) is 4.21. The Hall–Kier alpha value is -3.53. The van der Waals surface area contributed by atoms with E-state index in [4.69, 9.17) is 0 Å². The summed E-state index contributed by atoms with van der Waals surface area (Å²) < 4.78 is 0.484. The number of amides is 2. The summed E-state index contributed by atoms with van der Waals surface area (Å²) in [4.78, 5) is 47.3. The number of hydrogen-bond acceptors (Lipinski definition) is 6. The van der Waals surface area contributed by atoms with E-state index >= 15 is 0 Å². The molecule has 2 aromatic carbocycles. The zero-order valence-corrected chi connectivity index (χ0v) is 18.2. The van der Waals surface area contributed by atoms with Crippen LogP contribution < -0.4 is 15.7 Å². The zero-order valence-electron chi connectivity index (χ0n) is 16.6. The minimum atomic E-state index is -1.48. The average molecular weight is 489 g/mol. The molecule has 0 radical (unpaired) electrons. The molecule has 2 N–H and O–H groups in total. The van der Waals surface area contributed by atoms with E-state index in [0.717, 1.165) is 0 Å². The van der Waals surface area contributed by atoms with Gasteiger partial charge in [-0.3, -0.25) is 19.7 Å². The third-order valence-corrected chi connectivity index (χ3v) is 4.90. The zero-order chi connectivity index (χ0) is 23.1. The van der Waals surface area contributed by atoms with Gasteiger partial charge in [0.25, 0.3) is 17.5 Å². The largest absolute Gasteiger partial charge is 0.548 e. The molecular formula is C21H19BrN3O6-. The Balaban J connectivity index is 2.43. The molecule has 0 saturated heterocycles. The number of nitrogens with one attached hydrogen (secondary N) is 2. The van der Waals surface area contributed by atoms with Gasteiger partial charge in [-0.15, -0.1) is 0 Å². The fraction of sp³-hybridized carbons (Fsp3) is 0.190. The number of carboxylic acid groups (broad SMARTS) is 1. The monoisotopic (exact) mass is 488 g/mol. The van der Waals surface area contributed by atoms with Gasteiger partial charge in [-0.1, -0.05) is 38.1 Å². The van der Waals surface area contributed by atoms with Crippen LogP contribution in [0.2, 0.25) is 0 Å². The highest BCUT2D eigenvalue weighted by molar-refractivity contribution is 9.10. The Kier molecular flexibility index (Phi) is 8.03. The molecule has 0 spiro atoms. The molecule has 0 heterocycles. The van der Waals surface area contributed by atoms with Gasteiger partial charge in [0.1, 0.15) is 5.70 Å². The van der Waals surface area contributed by atoms with E-state index in [9.17, 15) is 29.6 Å². The molecule has 2 rings (SSSR count). The van der Waals surface area contributed by atoms with Crippen molar-refractivity contribution in [3.63, 3.8) is 0 Å². The first-order chi connectivity index (χ1) is 14.6. The molecule has 0 aromatic heterocycles. The van der Waals surface area contributed by atoms with E-state index in [1.807, 2.05) is 0 Å². The van der Waals surface area contributed by atoms with E-state index in [-0.39, 0.29) is 22.5 Å². The number of benzene rings is 2. The van der Waals surface area contributed by atoms with Crippen molar-refractivity contribution in [3.05, 3.63) is 79.9 Å². The number of nitro groups is 1. The predicted molar refractivity (Wildman–Crippen MR) is 114 cm³/mol. The number of aliphatic carboxylic acids is 1. The van der Waals surface area contributed by atoms with Gasteiger partial charge in [0.05, 0.1) is 22.5 Å². The number of nitro benzene ring substituents is 1. The number of carboxylic acids is 1. The van der Waals surface area contributed by atoms with Crippen molar-refractivity contribution in [1.82, 2.24) is 10.6 Å². The molecule has 0 saturated carbocycles. The molecule has 9 nitrogen and oxygen atoms in total. The Morgan fingerprint density at radius 2 is 1.77 bits per heavy atom. The molecule has 2 aromatic rings. The lowest BCUT2D eigenvalue weighted by atomic mass is 10.0. The van der Waals surface area contributed by atoms with Gasteiger partial charge in [-0.05, 0) is 45.6 Å². The first-order valence-corrected chi connectivity index (χ1v) is 9.93. The maximum Gasteiger partial charge on any atom is 0.270 e. The molecule has 0 aliphatic carbocycles. The van der Waals surface area contributed by atoms with Crippen LogP contribution in [0.5, 0.6) is 0 Å². The fourth-order valence-electron chi connectivity index (χ4n) is 2.60. The first-order valence-electron chi connectivity index (χ1n) is 9.14. The van der Waals surface area contributed by atoms with Crippen LogP contribution in [0.3, 0.4) is 0 Å². The maximum absolute atomic E-state index is 12.8. The number of nitrogens with zero attached hydrogens (tertiary/aromatic N) is 1.